The lowest BCUT2D eigenvalue weighted by atomic mass is 9.92. The number of hydrogen-bond donors (Lipinski definition) is 2. The summed E-state index contributed by atoms with van der Waals surface area (Å²) in [7, 11) is 0. The number of hydrogen-bond acceptors (Lipinski definition) is 3. The molecule has 0 bridgehead atoms. The van der Waals surface area contributed by atoms with Crippen molar-refractivity contribution in [1.29, 1.82) is 0 Å². The highest BCUT2D eigenvalue weighted by Crippen LogP contribution is 2.26. The minimum absolute atomic E-state index is 0.0530. The van der Waals surface area contributed by atoms with Gasteiger partial charge in [0, 0.05) is 18.8 Å². The molecular weight excluding hydrogens is 206 g/mol. The van der Waals surface area contributed by atoms with Gasteiger partial charge < -0.3 is 15.2 Å². The Morgan fingerprint density at radius 1 is 1.62 bits per heavy atom. The van der Waals surface area contributed by atoms with Crippen molar-refractivity contribution in [3.63, 3.8) is 0 Å². The molecule has 2 N–H and O–H groups in total. The summed E-state index contributed by atoms with van der Waals surface area (Å²) in [6.45, 7) is 6.55. The summed E-state index contributed by atoms with van der Waals surface area (Å²) in [5, 5.41) is 12.0. The zero-order valence-electron chi connectivity index (χ0n) is 10.5. The normalized spacial score (nSPS) is 28.8. The molecular formula is C12H23NO3. The van der Waals surface area contributed by atoms with Crippen molar-refractivity contribution >= 4 is 5.91 Å². The largest absolute Gasteiger partial charge is 0.396 e. The second kappa shape index (κ2) is 5.15. The molecule has 0 saturated carbocycles. The van der Waals surface area contributed by atoms with Crippen LogP contribution in [0, 0.1) is 0 Å². The van der Waals surface area contributed by atoms with E-state index in [1.54, 1.807) is 0 Å². The fourth-order valence-corrected chi connectivity index (χ4v) is 1.94. The number of rotatable bonds is 5. The summed E-state index contributed by atoms with van der Waals surface area (Å²) in [6.07, 6.45) is 3.09. The molecule has 1 saturated heterocycles. The van der Waals surface area contributed by atoms with Gasteiger partial charge in [0.25, 0.3) is 5.91 Å². The average molecular weight is 229 g/mol. The van der Waals surface area contributed by atoms with Gasteiger partial charge in [-0.2, -0.15) is 0 Å². The van der Waals surface area contributed by atoms with Gasteiger partial charge in [0.1, 0.15) is 5.60 Å². The molecule has 1 rings (SSSR count). The number of amides is 1. The zero-order chi connectivity index (χ0) is 12.2. The molecule has 1 heterocycles. The summed E-state index contributed by atoms with van der Waals surface area (Å²) in [5.74, 6) is -0.0530. The second-order valence-electron chi connectivity index (χ2n) is 5.02. The molecule has 2 atom stereocenters. The van der Waals surface area contributed by atoms with E-state index in [0.29, 0.717) is 13.0 Å². The Labute approximate surface area is 97.4 Å². The molecule has 0 aliphatic carbocycles. The van der Waals surface area contributed by atoms with Crippen LogP contribution in [-0.2, 0) is 9.53 Å². The van der Waals surface area contributed by atoms with Gasteiger partial charge in [-0.25, -0.2) is 0 Å². The minimum atomic E-state index is -0.675. The topological polar surface area (TPSA) is 58.6 Å². The lowest BCUT2D eigenvalue weighted by molar-refractivity contribution is -0.141. The van der Waals surface area contributed by atoms with Crippen LogP contribution in [-0.4, -0.2) is 35.4 Å². The smallest absolute Gasteiger partial charge is 0.252 e. The van der Waals surface area contributed by atoms with Crippen LogP contribution >= 0.6 is 0 Å². The van der Waals surface area contributed by atoms with E-state index in [0.717, 1.165) is 19.3 Å². The Balaban J connectivity index is 2.61. The van der Waals surface area contributed by atoms with E-state index in [-0.39, 0.29) is 18.1 Å². The van der Waals surface area contributed by atoms with Gasteiger partial charge >= 0.3 is 0 Å². The summed E-state index contributed by atoms with van der Waals surface area (Å²) in [6, 6.07) is 0. The quantitative estimate of drug-likeness (QED) is 0.745. The van der Waals surface area contributed by atoms with Crippen molar-refractivity contribution in [3.8, 4) is 0 Å². The van der Waals surface area contributed by atoms with E-state index in [2.05, 4.69) is 5.32 Å². The first kappa shape index (κ1) is 13.5. The van der Waals surface area contributed by atoms with Crippen molar-refractivity contribution in [3.05, 3.63) is 0 Å². The standard InChI is InChI=1S/C12H23NO3/c1-4-11(2,7-8-14)13-10(15)12(3)6-5-9-16-12/h14H,4-9H2,1-3H3,(H,13,15). The predicted molar refractivity (Wildman–Crippen MR) is 62.1 cm³/mol. The molecule has 16 heavy (non-hydrogen) atoms. The summed E-state index contributed by atoms with van der Waals surface area (Å²) >= 11 is 0. The zero-order valence-corrected chi connectivity index (χ0v) is 10.5. The number of carbonyl (C=O) groups excluding carboxylic acids is 1. The molecule has 0 aromatic heterocycles. The van der Waals surface area contributed by atoms with Crippen LogP contribution in [0.25, 0.3) is 0 Å². The van der Waals surface area contributed by atoms with Crippen LogP contribution in [0.3, 0.4) is 0 Å². The van der Waals surface area contributed by atoms with Crippen molar-refractivity contribution in [2.24, 2.45) is 0 Å². The number of carbonyl (C=O) groups is 1. The van der Waals surface area contributed by atoms with E-state index in [1.807, 2.05) is 20.8 Å². The van der Waals surface area contributed by atoms with Crippen LogP contribution in [0.4, 0.5) is 0 Å². The van der Waals surface area contributed by atoms with Gasteiger partial charge in [-0.1, -0.05) is 6.92 Å². The monoisotopic (exact) mass is 229 g/mol. The lowest BCUT2D eigenvalue weighted by Gasteiger charge is -2.33. The maximum Gasteiger partial charge on any atom is 0.252 e. The summed E-state index contributed by atoms with van der Waals surface area (Å²) in [4.78, 5) is 12.1. The van der Waals surface area contributed by atoms with E-state index >= 15 is 0 Å². The predicted octanol–water partition coefficient (Wildman–Crippen LogP) is 1.22. The Kier molecular flexibility index (Phi) is 4.33. The molecule has 1 aliphatic rings. The maximum absolute atomic E-state index is 12.1. The highest BCUT2D eigenvalue weighted by atomic mass is 16.5. The van der Waals surface area contributed by atoms with Gasteiger partial charge in [-0.05, 0) is 39.5 Å². The Morgan fingerprint density at radius 3 is 2.75 bits per heavy atom. The number of nitrogens with one attached hydrogen (secondary N) is 1. The molecule has 0 aromatic rings. The first-order valence-corrected chi connectivity index (χ1v) is 6.03. The molecule has 0 spiro atoms. The summed E-state index contributed by atoms with van der Waals surface area (Å²) in [5.41, 5.74) is -1.01. The summed E-state index contributed by atoms with van der Waals surface area (Å²) < 4.78 is 5.50. The van der Waals surface area contributed by atoms with Crippen LogP contribution in [0.15, 0.2) is 0 Å². The van der Waals surface area contributed by atoms with Gasteiger partial charge in [-0.15, -0.1) is 0 Å². The first-order valence-electron chi connectivity index (χ1n) is 6.03. The van der Waals surface area contributed by atoms with E-state index in [4.69, 9.17) is 9.84 Å². The first-order chi connectivity index (χ1) is 7.46. The van der Waals surface area contributed by atoms with Gasteiger partial charge in [0.2, 0.25) is 0 Å². The Bertz CT molecular complexity index is 249. The molecule has 4 heteroatoms. The van der Waals surface area contributed by atoms with Gasteiger partial charge in [0.05, 0.1) is 0 Å². The number of aliphatic hydroxyl groups is 1. The molecule has 2 unspecified atom stereocenters. The second-order valence-corrected chi connectivity index (χ2v) is 5.02. The molecule has 1 fully saturated rings. The van der Waals surface area contributed by atoms with Crippen molar-refractivity contribution < 1.29 is 14.6 Å². The molecule has 4 nitrogen and oxygen atoms in total. The third kappa shape index (κ3) is 2.95. The van der Waals surface area contributed by atoms with Crippen LogP contribution in [0.2, 0.25) is 0 Å². The molecule has 0 aromatic carbocycles. The lowest BCUT2D eigenvalue weighted by Crippen LogP contribution is -2.54. The van der Waals surface area contributed by atoms with Crippen molar-refractivity contribution in [2.75, 3.05) is 13.2 Å². The van der Waals surface area contributed by atoms with Crippen LogP contribution < -0.4 is 5.32 Å². The molecule has 94 valence electrons. The molecule has 0 radical (unpaired) electrons. The van der Waals surface area contributed by atoms with Crippen molar-refractivity contribution in [2.45, 2.75) is 57.6 Å². The molecule has 1 amide bonds. The highest BCUT2D eigenvalue weighted by Gasteiger charge is 2.40. The van der Waals surface area contributed by atoms with E-state index in [1.165, 1.54) is 0 Å². The average Bonchev–Trinajstić information content (AvgIpc) is 2.67. The van der Waals surface area contributed by atoms with Gasteiger partial charge in [0.15, 0.2) is 0 Å². The van der Waals surface area contributed by atoms with Crippen molar-refractivity contribution in [1.82, 2.24) is 5.32 Å². The molecule has 1 aliphatic heterocycles. The third-order valence-electron chi connectivity index (χ3n) is 3.56. The van der Waals surface area contributed by atoms with E-state index in [9.17, 15) is 4.79 Å². The van der Waals surface area contributed by atoms with E-state index < -0.39 is 5.60 Å². The third-order valence-corrected chi connectivity index (χ3v) is 3.56. The van der Waals surface area contributed by atoms with Crippen LogP contribution in [0.5, 0.6) is 0 Å². The Hall–Kier alpha value is -0.610. The number of aliphatic hydroxyl groups excluding tert-OH is 1. The highest BCUT2D eigenvalue weighted by molar-refractivity contribution is 5.85. The van der Waals surface area contributed by atoms with Gasteiger partial charge in [-0.3, -0.25) is 4.79 Å². The Morgan fingerprint density at radius 2 is 2.31 bits per heavy atom. The van der Waals surface area contributed by atoms with Crippen LogP contribution in [0.1, 0.15) is 46.5 Å². The number of ether oxygens (including phenoxy) is 1. The minimum Gasteiger partial charge on any atom is -0.396 e. The maximum atomic E-state index is 12.1. The SMILES string of the molecule is CCC(C)(CCO)NC(=O)C1(C)CCCO1. The fraction of sp³-hybridized carbons (Fsp3) is 0.917. The fourth-order valence-electron chi connectivity index (χ4n) is 1.94.